The van der Waals surface area contributed by atoms with E-state index in [4.69, 9.17) is 4.52 Å². The summed E-state index contributed by atoms with van der Waals surface area (Å²) < 4.78 is 17.9. The molecule has 1 heterocycles. The number of aliphatic hydroxyl groups excluding tert-OH is 1. The summed E-state index contributed by atoms with van der Waals surface area (Å²) in [4.78, 5) is 16.0. The van der Waals surface area contributed by atoms with Gasteiger partial charge in [0.25, 0.3) is 0 Å². The SMILES string of the molecule is O=C(CCc1nc(C2CC2)no1)NCC(O)c1ccc(F)cc1. The molecule has 23 heavy (non-hydrogen) atoms. The lowest BCUT2D eigenvalue weighted by atomic mass is 10.1. The fourth-order valence-corrected chi connectivity index (χ4v) is 2.20. The van der Waals surface area contributed by atoms with Crippen LogP contribution in [-0.4, -0.2) is 27.7 Å². The normalized spacial score (nSPS) is 15.4. The first-order valence-corrected chi connectivity index (χ1v) is 7.64. The summed E-state index contributed by atoms with van der Waals surface area (Å²) in [6.07, 6.45) is 1.91. The number of hydrogen-bond donors (Lipinski definition) is 2. The fourth-order valence-electron chi connectivity index (χ4n) is 2.20. The van der Waals surface area contributed by atoms with Gasteiger partial charge in [-0.25, -0.2) is 4.39 Å². The van der Waals surface area contributed by atoms with Crippen LogP contribution in [0.1, 0.15) is 48.6 Å². The number of rotatable bonds is 7. The minimum atomic E-state index is -0.871. The molecule has 1 aromatic carbocycles. The zero-order valence-corrected chi connectivity index (χ0v) is 12.5. The Bertz CT molecular complexity index is 667. The summed E-state index contributed by atoms with van der Waals surface area (Å²) >= 11 is 0. The molecule has 0 spiro atoms. The minimum absolute atomic E-state index is 0.0711. The highest BCUT2D eigenvalue weighted by Gasteiger charge is 2.28. The van der Waals surface area contributed by atoms with Gasteiger partial charge < -0.3 is 14.9 Å². The van der Waals surface area contributed by atoms with E-state index in [9.17, 15) is 14.3 Å². The van der Waals surface area contributed by atoms with E-state index in [1.807, 2.05) is 0 Å². The maximum absolute atomic E-state index is 12.8. The second-order valence-corrected chi connectivity index (χ2v) is 5.69. The Kier molecular flexibility index (Phi) is 4.66. The van der Waals surface area contributed by atoms with Crippen LogP contribution in [0, 0.1) is 5.82 Å². The summed E-state index contributed by atoms with van der Waals surface area (Å²) in [5.74, 6) is 1.04. The van der Waals surface area contributed by atoms with E-state index in [0.29, 0.717) is 23.8 Å². The number of amides is 1. The number of aryl methyl sites for hydroxylation is 1. The van der Waals surface area contributed by atoms with E-state index < -0.39 is 6.10 Å². The zero-order valence-electron chi connectivity index (χ0n) is 12.5. The standard InChI is InChI=1S/C16H18FN3O3/c17-12-5-3-10(4-6-12)13(21)9-18-14(22)7-8-15-19-16(20-23-15)11-1-2-11/h3-6,11,13,21H,1-2,7-9H2,(H,18,22). The smallest absolute Gasteiger partial charge is 0.227 e. The van der Waals surface area contributed by atoms with E-state index in [0.717, 1.165) is 18.7 Å². The fraction of sp³-hybridized carbons (Fsp3) is 0.438. The Hall–Kier alpha value is -2.28. The van der Waals surface area contributed by atoms with E-state index in [1.165, 1.54) is 24.3 Å². The lowest BCUT2D eigenvalue weighted by Gasteiger charge is -2.12. The van der Waals surface area contributed by atoms with Crippen LogP contribution >= 0.6 is 0 Å². The average Bonchev–Trinajstić information content (AvgIpc) is 3.30. The van der Waals surface area contributed by atoms with Crippen molar-refractivity contribution in [1.29, 1.82) is 0 Å². The number of carbonyl (C=O) groups is 1. The van der Waals surface area contributed by atoms with Crippen molar-refractivity contribution in [1.82, 2.24) is 15.5 Å². The van der Waals surface area contributed by atoms with Crippen LogP contribution in [0.2, 0.25) is 0 Å². The van der Waals surface area contributed by atoms with Crippen molar-refractivity contribution in [3.63, 3.8) is 0 Å². The lowest BCUT2D eigenvalue weighted by molar-refractivity contribution is -0.121. The molecular formula is C16H18FN3O3. The highest BCUT2D eigenvalue weighted by molar-refractivity contribution is 5.76. The molecule has 7 heteroatoms. The third-order valence-corrected chi connectivity index (χ3v) is 3.74. The van der Waals surface area contributed by atoms with E-state index in [1.54, 1.807) is 0 Å². The van der Waals surface area contributed by atoms with Gasteiger partial charge in [0.15, 0.2) is 5.82 Å². The van der Waals surface area contributed by atoms with Gasteiger partial charge in [-0.05, 0) is 30.5 Å². The van der Waals surface area contributed by atoms with Crippen LogP contribution in [0.3, 0.4) is 0 Å². The predicted molar refractivity (Wildman–Crippen MR) is 79.0 cm³/mol. The maximum Gasteiger partial charge on any atom is 0.227 e. The van der Waals surface area contributed by atoms with Crippen molar-refractivity contribution in [2.75, 3.05) is 6.54 Å². The van der Waals surface area contributed by atoms with Crippen LogP contribution in [0.25, 0.3) is 0 Å². The number of hydrogen-bond acceptors (Lipinski definition) is 5. The molecule has 2 aromatic rings. The molecular weight excluding hydrogens is 301 g/mol. The quantitative estimate of drug-likeness (QED) is 0.813. The summed E-state index contributed by atoms with van der Waals surface area (Å²) in [6, 6.07) is 5.52. The number of aromatic nitrogens is 2. The summed E-state index contributed by atoms with van der Waals surface area (Å²) in [7, 11) is 0. The molecule has 1 aliphatic rings. The molecule has 1 amide bonds. The molecule has 0 bridgehead atoms. The molecule has 0 radical (unpaired) electrons. The lowest BCUT2D eigenvalue weighted by Crippen LogP contribution is -2.28. The van der Waals surface area contributed by atoms with E-state index in [-0.39, 0.29) is 24.7 Å². The van der Waals surface area contributed by atoms with Gasteiger partial charge in [0.1, 0.15) is 5.82 Å². The van der Waals surface area contributed by atoms with Crippen LogP contribution in [0.15, 0.2) is 28.8 Å². The van der Waals surface area contributed by atoms with Crippen molar-refractivity contribution in [2.45, 2.75) is 37.7 Å². The summed E-state index contributed by atoms with van der Waals surface area (Å²) in [6.45, 7) is 0.0711. The van der Waals surface area contributed by atoms with Crippen LogP contribution in [-0.2, 0) is 11.2 Å². The molecule has 2 N–H and O–H groups in total. The second-order valence-electron chi connectivity index (χ2n) is 5.69. The monoisotopic (exact) mass is 319 g/mol. The topological polar surface area (TPSA) is 88.2 Å². The van der Waals surface area contributed by atoms with Gasteiger partial charge >= 0.3 is 0 Å². The van der Waals surface area contributed by atoms with Crippen LogP contribution in [0.5, 0.6) is 0 Å². The predicted octanol–water partition coefficient (Wildman–Crippen LogP) is 1.87. The molecule has 3 rings (SSSR count). The molecule has 1 aliphatic carbocycles. The Morgan fingerprint density at radius 3 is 2.83 bits per heavy atom. The number of benzene rings is 1. The Morgan fingerprint density at radius 2 is 2.13 bits per heavy atom. The van der Waals surface area contributed by atoms with Gasteiger partial charge in [0.2, 0.25) is 11.8 Å². The Labute approximate surface area is 132 Å². The summed E-state index contributed by atoms with van der Waals surface area (Å²) in [5.41, 5.74) is 0.553. The largest absolute Gasteiger partial charge is 0.387 e. The van der Waals surface area contributed by atoms with Crippen molar-refractivity contribution in [3.8, 4) is 0 Å². The molecule has 1 fully saturated rings. The molecule has 0 saturated heterocycles. The minimum Gasteiger partial charge on any atom is -0.387 e. The summed E-state index contributed by atoms with van der Waals surface area (Å²) in [5, 5.41) is 16.5. The average molecular weight is 319 g/mol. The molecule has 0 aliphatic heterocycles. The second kappa shape index (κ2) is 6.87. The van der Waals surface area contributed by atoms with Crippen LogP contribution < -0.4 is 5.32 Å². The zero-order chi connectivity index (χ0) is 16.2. The van der Waals surface area contributed by atoms with Crippen molar-refractivity contribution < 1.29 is 18.8 Å². The molecule has 1 unspecified atom stereocenters. The number of aliphatic hydroxyl groups is 1. The highest BCUT2D eigenvalue weighted by atomic mass is 19.1. The van der Waals surface area contributed by atoms with Gasteiger partial charge in [-0.2, -0.15) is 4.98 Å². The van der Waals surface area contributed by atoms with Crippen molar-refractivity contribution >= 4 is 5.91 Å². The first-order chi connectivity index (χ1) is 11.1. The third kappa shape index (κ3) is 4.35. The molecule has 1 saturated carbocycles. The number of carbonyl (C=O) groups excluding carboxylic acids is 1. The van der Waals surface area contributed by atoms with Crippen molar-refractivity contribution in [2.24, 2.45) is 0 Å². The van der Waals surface area contributed by atoms with Gasteiger partial charge in [-0.1, -0.05) is 17.3 Å². The maximum atomic E-state index is 12.8. The number of nitrogens with one attached hydrogen (secondary N) is 1. The Balaban J connectivity index is 1.40. The van der Waals surface area contributed by atoms with Gasteiger partial charge in [-0.15, -0.1) is 0 Å². The molecule has 122 valence electrons. The van der Waals surface area contributed by atoms with Crippen molar-refractivity contribution in [3.05, 3.63) is 47.4 Å². The number of halogens is 1. The van der Waals surface area contributed by atoms with Crippen LogP contribution in [0.4, 0.5) is 4.39 Å². The molecule has 1 aromatic heterocycles. The molecule has 6 nitrogen and oxygen atoms in total. The highest BCUT2D eigenvalue weighted by Crippen LogP contribution is 2.38. The molecule has 1 atom stereocenters. The van der Waals surface area contributed by atoms with Gasteiger partial charge in [0.05, 0.1) is 6.10 Å². The third-order valence-electron chi connectivity index (χ3n) is 3.74. The Morgan fingerprint density at radius 1 is 1.39 bits per heavy atom. The number of nitrogens with zero attached hydrogens (tertiary/aromatic N) is 2. The first kappa shape index (κ1) is 15.6. The van der Waals surface area contributed by atoms with Gasteiger partial charge in [-0.3, -0.25) is 4.79 Å². The van der Waals surface area contributed by atoms with E-state index >= 15 is 0 Å². The van der Waals surface area contributed by atoms with Gasteiger partial charge in [0, 0.05) is 25.3 Å². The van der Waals surface area contributed by atoms with E-state index in [2.05, 4.69) is 15.5 Å². The first-order valence-electron chi connectivity index (χ1n) is 7.64.